The molecule has 0 radical (unpaired) electrons. The Morgan fingerprint density at radius 3 is 2.03 bits per heavy atom. The van der Waals surface area contributed by atoms with Gasteiger partial charge in [-0.15, -0.1) is 0 Å². The summed E-state index contributed by atoms with van der Waals surface area (Å²) in [5.41, 5.74) is 4.40. The van der Waals surface area contributed by atoms with Gasteiger partial charge in [0, 0.05) is 38.4 Å². The molecule has 32 heavy (non-hydrogen) atoms. The first kappa shape index (κ1) is 22.1. The van der Waals surface area contributed by atoms with Crippen molar-refractivity contribution in [3.63, 3.8) is 0 Å². The summed E-state index contributed by atoms with van der Waals surface area (Å²) in [5.74, 6) is -0.116. The van der Waals surface area contributed by atoms with Crippen LogP contribution in [0.15, 0.2) is 84.9 Å². The predicted molar refractivity (Wildman–Crippen MR) is 129 cm³/mol. The molecular weight excluding hydrogens is 398 g/mol. The molecule has 1 aliphatic rings. The molecule has 3 aromatic rings. The number of para-hydroxylation sites is 1. The zero-order valence-corrected chi connectivity index (χ0v) is 18.6. The second-order valence-corrected chi connectivity index (χ2v) is 8.21. The highest BCUT2D eigenvalue weighted by atomic mass is 16.5. The second-order valence-electron chi connectivity index (χ2n) is 8.21. The van der Waals surface area contributed by atoms with Gasteiger partial charge in [-0.05, 0) is 29.8 Å². The number of benzene rings is 3. The van der Waals surface area contributed by atoms with Gasteiger partial charge in [0.15, 0.2) is 0 Å². The first-order valence-corrected chi connectivity index (χ1v) is 11.2. The molecule has 0 saturated carbocycles. The van der Waals surface area contributed by atoms with Crippen molar-refractivity contribution >= 4 is 11.6 Å². The Morgan fingerprint density at radius 1 is 0.844 bits per heavy atom. The topological polar surface area (TPSA) is 44.8 Å². The van der Waals surface area contributed by atoms with E-state index in [0.717, 1.165) is 42.9 Å². The van der Waals surface area contributed by atoms with Crippen LogP contribution in [-0.4, -0.2) is 50.6 Å². The summed E-state index contributed by atoms with van der Waals surface area (Å²) < 4.78 is 6.09. The van der Waals surface area contributed by atoms with E-state index in [4.69, 9.17) is 4.74 Å². The van der Waals surface area contributed by atoms with E-state index in [-0.39, 0.29) is 18.6 Å². The molecule has 0 unspecified atom stereocenters. The largest absolute Gasteiger partial charge is 0.369 e. The molecule has 1 N–H and O–H groups in total. The number of nitrogens with zero attached hydrogens (tertiary/aromatic N) is 2. The SMILES string of the molecule is CN1CCN(c2ccccc2CNC(=O)COC(c2ccccc2)c2ccccc2)CC1. The molecule has 0 atom stereocenters. The molecular formula is C27H31N3O2. The molecule has 1 heterocycles. The number of amides is 1. The van der Waals surface area contributed by atoms with Crippen LogP contribution in [0.25, 0.3) is 0 Å². The Hall–Kier alpha value is -3.15. The van der Waals surface area contributed by atoms with Crippen molar-refractivity contribution in [2.45, 2.75) is 12.6 Å². The molecule has 1 saturated heterocycles. The summed E-state index contributed by atoms with van der Waals surface area (Å²) >= 11 is 0. The van der Waals surface area contributed by atoms with Crippen LogP contribution in [0, 0.1) is 0 Å². The van der Waals surface area contributed by atoms with E-state index < -0.39 is 0 Å². The third kappa shape index (κ3) is 5.75. The molecule has 5 nitrogen and oxygen atoms in total. The Morgan fingerprint density at radius 2 is 1.41 bits per heavy atom. The number of hydrogen-bond acceptors (Lipinski definition) is 4. The Kier molecular flexibility index (Phi) is 7.54. The first-order valence-electron chi connectivity index (χ1n) is 11.2. The predicted octanol–water partition coefficient (Wildman–Crippen LogP) is 3.86. The van der Waals surface area contributed by atoms with E-state index in [1.165, 1.54) is 5.69 Å². The lowest BCUT2D eigenvalue weighted by Crippen LogP contribution is -2.45. The molecule has 0 bridgehead atoms. The van der Waals surface area contributed by atoms with Crippen LogP contribution < -0.4 is 10.2 Å². The normalized spacial score (nSPS) is 14.5. The molecule has 0 spiro atoms. The van der Waals surface area contributed by atoms with Crippen molar-refractivity contribution in [2.75, 3.05) is 44.7 Å². The molecule has 0 aliphatic carbocycles. The van der Waals surface area contributed by atoms with Gasteiger partial charge in [-0.1, -0.05) is 78.9 Å². The van der Waals surface area contributed by atoms with Crippen molar-refractivity contribution in [1.82, 2.24) is 10.2 Å². The van der Waals surface area contributed by atoms with Crippen LogP contribution in [0.2, 0.25) is 0 Å². The van der Waals surface area contributed by atoms with Gasteiger partial charge < -0.3 is 19.9 Å². The van der Waals surface area contributed by atoms with Crippen molar-refractivity contribution in [2.24, 2.45) is 0 Å². The highest BCUT2D eigenvalue weighted by molar-refractivity contribution is 5.77. The lowest BCUT2D eigenvalue weighted by atomic mass is 10.0. The Bertz CT molecular complexity index is 947. The second kappa shape index (κ2) is 10.9. The monoisotopic (exact) mass is 429 g/mol. The smallest absolute Gasteiger partial charge is 0.246 e. The van der Waals surface area contributed by atoms with Crippen LogP contribution in [-0.2, 0) is 16.1 Å². The maximum absolute atomic E-state index is 12.7. The number of nitrogens with one attached hydrogen (secondary N) is 1. The number of likely N-dealkylation sites (N-methyl/N-ethyl adjacent to an activating group) is 1. The van der Waals surface area contributed by atoms with Gasteiger partial charge in [-0.2, -0.15) is 0 Å². The van der Waals surface area contributed by atoms with Crippen molar-refractivity contribution < 1.29 is 9.53 Å². The third-order valence-corrected chi connectivity index (χ3v) is 5.90. The maximum atomic E-state index is 12.7. The summed E-state index contributed by atoms with van der Waals surface area (Å²) in [4.78, 5) is 17.4. The van der Waals surface area contributed by atoms with Gasteiger partial charge in [0.05, 0.1) is 0 Å². The van der Waals surface area contributed by atoms with Gasteiger partial charge in [0.2, 0.25) is 5.91 Å². The summed E-state index contributed by atoms with van der Waals surface area (Å²) in [6.07, 6.45) is -0.277. The number of anilines is 1. The number of carbonyl (C=O) groups is 1. The molecule has 5 heteroatoms. The van der Waals surface area contributed by atoms with E-state index in [1.54, 1.807) is 0 Å². The highest BCUT2D eigenvalue weighted by Crippen LogP contribution is 2.26. The fourth-order valence-electron chi connectivity index (χ4n) is 4.06. The lowest BCUT2D eigenvalue weighted by Gasteiger charge is -2.35. The summed E-state index contributed by atoms with van der Waals surface area (Å²) in [7, 11) is 2.15. The van der Waals surface area contributed by atoms with Crippen LogP contribution in [0.1, 0.15) is 22.8 Å². The molecule has 0 aromatic heterocycles. The van der Waals surface area contributed by atoms with Crippen LogP contribution in [0.4, 0.5) is 5.69 Å². The minimum atomic E-state index is -0.277. The van der Waals surface area contributed by atoms with Crippen LogP contribution in [0.3, 0.4) is 0 Å². The average Bonchev–Trinajstić information content (AvgIpc) is 2.85. The first-order chi connectivity index (χ1) is 15.7. The van der Waals surface area contributed by atoms with Crippen molar-refractivity contribution in [1.29, 1.82) is 0 Å². The minimum Gasteiger partial charge on any atom is -0.369 e. The number of rotatable bonds is 8. The molecule has 1 amide bonds. The van der Waals surface area contributed by atoms with Gasteiger partial charge in [0.25, 0.3) is 0 Å². The number of piperazine rings is 1. The maximum Gasteiger partial charge on any atom is 0.246 e. The number of ether oxygens (including phenoxy) is 1. The fourth-order valence-corrected chi connectivity index (χ4v) is 4.06. The zero-order valence-electron chi connectivity index (χ0n) is 18.6. The molecule has 1 fully saturated rings. The van der Waals surface area contributed by atoms with Gasteiger partial charge in [-0.25, -0.2) is 0 Å². The Balaban J connectivity index is 1.37. The lowest BCUT2D eigenvalue weighted by molar-refractivity contribution is -0.127. The molecule has 1 aliphatic heterocycles. The van der Waals surface area contributed by atoms with Gasteiger partial charge >= 0.3 is 0 Å². The zero-order chi connectivity index (χ0) is 22.2. The number of hydrogen-bond donors (Lipinski definition) is 1. The Labute approximate surface area is 190 Å². The van der Waals surface area contributed by atoms with E-state index in [1.807, 2.05) is 66.7 Å². The van der Waals surface area contributed by atoms with Crippen molar-refractivity contribution in [3.8, 4) is 0 Å². The fraction of sp³-hybridized carbons (Fsp3) is 0.296. The van der Waals surface area contributed by atoms with Crippen molar-refractivity contribution in [3.05, 3.63) is 102 Å². The van der Waals surface area contributed by atoms with E-state index in [9.17, 15) is 4.79 Å². The third-order valence-electron chi connectivity index (χ3n) is 5.90. The van der Waals surface area contributed by atoms with Gasteiger partial charge in [-0.3, -0.25) is 4.79 Å². The highest BCUT2D eigenvalue weighted by Gasteiger charge is 2.18. The van der Waals surface area contributed by atoms with E-state index in [0.29, 0.717) is 6.54 Å². The molecule has 3 aromatic carbocycles. The minimum absolute atomic E-state index is 0.00509. The van der Waals surface area contributed by atoms with E-state index >= 15 is 0 Å². The average molecular weight is 430 g/mol. The standard InChI is InChI=1S/C27H31N3O2/c1-29-16-18-30(19-17-29)25-15-9-8-14-24(25)20-28-26(31)21-32-27(22-10-4-2-5-11-22)23-12-6-3-7-13-23/h2-15,27H,16-21H2,1H3,(H,28,31). The molecule has 4 rings (SSSR count). The van der Waals surface area contributed by atoms with Gasteiger partial charge in [0.1, 0.15) is 12.7 Å². The molecule has 166 valence electrons. The summed E-state index contributed by atoms with van der Waals surface area (Å²) in [6, 6.07) is 28.4. The number of carbonyl (C=O) groups excluding carboxylic acids is 1. The quantitative estimate of drug-likeness (QED) is 0.591. The van der Waals surface area contributed by atoms with Crippen LogP contribution >= 0.6 is 0 Å². The summed E-state index contributed by atoms with van der Waals surface area (Å²) in [6.45, 7) is 4.60. The van der Waals surface area contributed by atoms with Crippen LogP contribution in [0.5, 0.6) is 0 Å². The van der Waals surface area contributed by atoms with E-state index in [2.05, 4.69) is 40.4 Å². The summed E-state index contributed by atoms with van der Waals surface area (Å²) in [5, 5.41) is 3.04.